The van der Waals surface area contributed by atoms with Gasteiger partial charge in [-0.3, -0.25) is 9.59 Å². The molecule has 0 radical (unpaired) electrons. The van der Waals surface area contributed by atoms with Gasteiger partial charge >= 0.3 is 0 Å². The summed E-state index contributed by atoms with van der Waals surface area (Å²) in [5.41, 5.74) is 1.15. The Balaban J connectivity index is 1.67. The van der Waals surface area contributed by atoms with Crippen LogP contribution in [0.3, 0.4) is 0 Å². The van der Waals surface area contributed by atoms with Gasteiger partial charge in [0.1, 0.15) is 11.4 Å². The van der Waals surface area contributed by atoms with Crippen molar-refractivity contribution in [2.45, 2.75) is 19.8 Å². The molecule has 4 aromatic rings. The van der Waals surface area contributed by atoms with Gasteiger partial charge in [0.05, 0.1) is 11.1 Å². The van der Waals surface area contributed by atoms with E-state index in [0.29, 0.717) is 16.2 Å². The molecule has 0 bridgehead atoms. The van der Waals surface area contributed by atoms with Gasteiger partial charge in [0.15, 0.2) is 0 Å². The molecule has 0 unspecified atom stereocenters. The fraction of sp³-hybridized carbons (Fsp3) is 0.182. The molecule has 2 heterocycles. The van der Waals surface area contributed by atoms with Gasteiger partial charge in [-0.05, 0) is 47.9 Å². The summed E-state index contributed by atoms with van der Waals surface area (Å²) in [4.78, 5) is 29.5. The molecule has 0 saturated carbocycles. The number of hydrogen-bond acceptors (Lipinski definition) is 6. The minimum atomic E-state index is -0.433. The maximum absolute atomic E-state index is 12.8. The molecule has 0 aliphatic rings. The molecular formula is C22H18ClN3O3S. The highest BCUT2D eigenvalue weighted by molar-refractivity contribution is 7.15. The summed E-state index contributed by atoms with van der Waals surface area (Å²) in [5.74, 6) is 0.778. The Kier molecular flexibility index (Phi) is 5.92. The molecule has 2 aromatic heterocycles. The van der Waals surface area contributed by atoms with Gasteiger partial charge in [-0.25, -0.2) is 0 Å². The number of fused-ring (bicyclic) bond motifs is 1. The van der Waals surface area contributed by atoms with E-state index in [1.807, 2.05) is 43.3 Å². The van der Waals surface area contributed by atoms with Crippen LogP contribution in [0.1, 0.15) is 30.2 Å². The van der Waals surface area contributed by atoms with Crippen molar-refractivity contribution in [3.63, 3.8) is 0 Å². The predicted molar refractivity (Wildman–Crippen MR) is 119 cm³/mol. The maximum atomic E-state index is 12.8. The highest BCUT2D eigenvalue weighted by Gasteiger charge is 2.12. The van der Waals surface area contributed by atoms with Crippen LogP contribution in [-0.4, -0.2) is 21.2 Å². The van der Waals surface area contributed by atoms with Gasteiger partial charge in [0, 0.05) is 11.4 Å². The van der Waals surface area contributed by atoms with Crippen molar-refractivity contribution < 1.29 is 4.74 Å². The van der Waals surface area contributed by atoms with Crippen LogP contribution in [0.15, 0.2) is 58.1 Å². The molecule has 0 aliphatic heterocycles. The summed E-state index contributed by atoms with van der Waals surface area (Å²) >= 11 is 7.13. The third-order valence-electron chi connectivity index (χ3n) is 4.36. The Morgan fingerprint density at radius 3 is 2.70 bits per heavy atom. The molecular weight excluding hydrogens is 422 g/mol. The normalized spacial score (nSPS) is 11.9. The number of nitrogens with zero attached hydrogens (tertiary/aromatic N) is 3. The predicted octanol–water partition coefficient (Wildman–Crippen LogP) is 3.09. The minimum Gasteiger partial charge on any atom is -0.494 e. The van der Waals surface area contributed by atoms with Gasteiger partial charge < -0.3 is 4.74 Å². The van der Waals surface area contributed by atoms with E-state index < -0.39 is 5.56 Å². The number of aromatic nitrogens is 3. The summed E-state index contributed by atoms with van der Waals surface area (Å²) in [5, 5.41) is 4.86. The van der Waals surface area contributed by atoms with Crippen LogP contribution in [0.4, 0.5) is 0 Å². The molecule has 2 aromatic carbocycles. The van der Waals surface area contributed by atoms with Gasteiger partial charge in [0.25, 0.3) is 11.1 Å². The molecule has 4 rings (SSSR count). The smallest absolute Gasteiger partial charge is 0.296 e. The van der Waals surface area contributed by atoms with Crippen LogP contribution in [0.25, 0.3) is 11.0 Å². The average Bonchev–Trinajstić information content (AvgIpc) is 3.02. The van der Waals surface area contributed by atoms with Crippen molar-refractivity contribution in [1.82, 2.24) is 14.6 Å². The van der Waals surface area contributed by atoms with E-state index >= 15 is 0 Å². The lowest BCUT2D eigenvalue weighted by Crippen LogP contribution is -2.28. The molecule has 6 nitrogen and oxygen atoms in total. The van der Waals surface area contributed by atoms with Gasteiger partial charge in [-0.2, -0.15) is 14.6 Å². The molecule has 8 heteroatoms. The minimum absolute atomic E-state index is 0.221. The number of hydrogen-bond donors (Lipinski definition) is 0. The Morgan fingerprint density at radius 1 is 1.17 bits per heavy atom. The van der Waals surface area contributed by atoms with E-state index in [1.165, 1.54) is 4.52 Å². The SMILES string of the molecule is CCCOc1ccc(Cc2nn3c(=O)c(=Cc4cccc(Cl)c4)sc3nc2=O)cc1. The van der Waals surface area contributed by atoms with Gasteiger partial charge in [0.2, 0.25) is 4.96 Å². The third-order valence-corrected chi connectivity index (χ3v) is 5.56. The first-order chi connectivity index (χ1) is 14.5. The summed E-state index contributed by atoms with van der Waals surface area (Å²) in [6, 6.07) is 14.7. The van der Waals surface area contributed by atoms with E-state index in [4.69, 9.17) is 16.3 Å². The number of thiazole rings is 1. The second-order valence-electron chi connectivity index (χ2n) is 6.70. The molecule has 0 saturated heterocycles. The van der Waals surface area contributed by atoms with E-state index in [1.54, 1.807) is 18.2 Å². The molecule has 0 spiro atoms. The van der Waals surface area contributed by atoms with Crippen molar-refractivity contribution >= 4 is 34.0 Å². The summed E-state index contributed by atoms with van der Waals surface area (Å²) in [6.45, 7) is 2.70. The zero-order valence-corrected chi connectivity index (χ0v) is 17.7. The first-order valence-electron chi connectivity index (χ1n) is 9.45. The highest BCUT2D eigenvalue weighted by atomic mass is 35.5. The maximum Gasteiger partial charge on any atom is 0.296 e. The summed E-state index contributed by atoms with van der Waals surface area (Å²) in [7, 11) is 0. The largest absolute Gasteiger partial charge is 0.494 e. The first kappa shape index (κ1) is 20.3. The molecule has 30 heavy (non-hydrogen) atoms. The zero-order chi connectivity index (χ0) is 21.1. The van der Waals surface area contributed by atoms with Crippen LogP contribution in [0, 0.1) is 0 Å². The number of halogens is 1. The summed E-state index contributed by atoms with van der Waals surface area (Å²) < 4.78 is 7.20. The van der Waals surface area contributed by atoms with Crippen molar-refractivity contribution in [3.8, 4) is 5.75 Å². The Bertz CT molecular complexity index is 1360. The first-order valence-corrected chi connectivity index (χ1v) is 10.6. The van der Waals surface area contributed by atoms with Crippen LogP contribution < -0.4 is 20.4 Å². The van der Waals surface area contributed by atoms with Crippen molar-refractivity contribution in [2.24, 2.45) is 0 Å². The van der Waals surface area contributed by atoms with Crippen LogP contribution in [-0.2, 0) is 6.42 Å². The monoisotopic (exact) mass is 439 g/mol. The number of rotatable bonds is 6. The molecule has 0 aliphatic carbocycles. The fourth-order valence-corrected chi connectivity index (χ4v) is 4.02. The van der Waals surface area contributed by atoms with Crippen molar-refractivity contribution in [2.75, 3.05) is 6.61 Å². The lowest BCUT2D eigenvalue weighted by molar-refractivity contribution is 0.317. The van der Waals surface area contributed by atoms with Crippen molar-refractivity contribution in [3.05, 3.63) is 95.6 Å². The van der Waals surface area contributed by atoms with Crippen molar-refractivity contribution in [1.29, 1.82) is 0 Å². The quantitative estimate of drug-likeness (QED) is 0.461. The summed E-state index contributed by atoms with van der Waals surface area (Å²) in [6.07, 6.45) is 2.93. The van der Waals surface area contributed by atoms with Crippen LogP contribution in [0.2, 0.25) is 5.02 Å². The lowest BCUT2D eigenvalue weighted by atomic mass is 10.1. The average molecular weight is 440 g/mol. The van der Waals surface area contributed by atoms with E-state index in [0.717, 1.165) is 34.6 Å². The standard InChI is InChI=1S/C22H18ClN3O3S/c1-2-10-29-17-8-6-14(7-9-17)12-18-20(27)24-22-26(25-18)21(28)19(30-22)13-15-4-3-5-16(23)11-15/h3-9,11,13H,2,10,12H2,1H3. The number of ether oxygens (including phenoxy) is 1. The molecule has 0 N–H and O–H groups in total. The molecule has 0 atom stereocenters. The molecule has 0 fully saturated rings. The van der Waals surface area contributed by atoms with E-state index in [2.05, 4.69) is 10.1 Å². The van der Waals surface area contributed by atoms with Gasteiger partial charge in [-0.1, -0.05) is 54.1 Å². The second kappa shape index (κ2) is 8.77. The third kappa shape index (κ3) is 4.42. The van der Waals surface area contributed by atoms with Gasteiger partial charge in [-0.15, -0.1) is 0 Å². The molecule has 152 valence electrons. The second-order valence-corrected chi connectivity index (χ2v) is 8.14. The Morgan fingerprint density at radius 2 is 1.97 bits per heavy atom. The zero-order valence-electron chi connectivity index (χ0n) is 16.2. The van der Waals surface area contributed by atoms with E-state index in [9.17, 15) is 9.59 Å². The lowest BCUT2D eigenvalue weighted by Gasteiger charge is -2.05. The Labute approximate surface area is 181 Å². The number of benzene rings is 2. The van der Waals surface area contributed by atoms with E-state index in [-0.39, 0.29) is 22.6 Å². The van der Waals surface area contributed by atoms with Crippen LogP contribution in [0.5, 0.6) is 5.75 Å². The highest BCUT2D eigenvalue weighted by Crippen LogP contribution is 2.14. The Hall–Kier alpha value is -3.03. The topological polar surface area (TPSA) is 73.6 Å². The fourth-order valence-electron chi connectivity index (χ4n) is 2.92. The molecule has 0 amide bonds. The van der Waals surface area contributed by atoms with Crippen LogP contribution >= 0.6 is 22.9 Å².